The third-order valence-corrected chi connectivity index (χ3v) is 0.987. The van der Waals surface area contributed by atoms with Crippen molar-refractivity contribution in [1.29, 1.82) is 0 Å². The first-order valence-corrected chi connectivity index (χ1v) is 2.45. The lowest BCUT2D eigenvalue weighted by molar-refractivity contribution is -0.671. The molecule has 0 saturated heterocycles. The third-order valence-electron chi connectivity index (χ3n) is 0.987. The average Bonchev–Trinajstić information content (AvgIpc) is 2.14. The standard InChI is InChI=1S/C5H9N2O.HI/c1-6-2-3-7(4-6)5-8;/h2-4,8H,5H2,1H3;1H/q+1;/p-1. The first-order chi connectivity index (χ1) is 3.83. The molecular formula is C5H9IN2O. The first-order valence-electron chi connectivity index (χ1n) is 2.45. The van der Waals surface area contributed by atoms with Crippen molar-refractivity contribution >= 4 is 0 Å². The summed E-state index contributed by atoms with van der Waals surface area (Å²) in [6.07, 6.45) is 5.48. The molecule has 1 aromatic rings. The predicted molar refractivity (Wildman–Crippen MR) is 27.8 cm³/mol. The molecule has 0 aliphatic heterocycles. The van der Waals surface area contributed by atoms with Gasteiger partial charge in [-0.25, -0.2) is 9.13 Å². The molecule has 0 fully saturated rings. The second kappa shape index (κ2) is 3.84. The Morgan fingerprint density at radius 1 is 1.67 bits per heavy atom. The summed E-state index contributed by atoms with van der Waals surface area (Å²) in [4.78, 5) is 0. The zero-order valence-electron chi connectivity index (χ0n) is 5.16. The van der Waals surface area contributed by atoms with Crippen molar-refractivity contribution in [3.8, 4) is 0 Å². The normalized spacial score (nSPS) is 8.67. The van der Waals surface area contributed by atoms with Crippen LogP contribution in [0.5, 0.6) is 0 Å². The smallest absolute Gasteiger partial charge is 0.245 e. The van der Waals surface area contributed by atoms with E-state index in [2.05, 4.69) is 0 Å². The number of hydrogen-bond acceptors (Lipinski definition) is 1. The number of aliphatic hydroxyl groups excluding tert-OH is 1. The lowest BCUT2D eigenvalue weighted by atomic mass is 10.9. The summed E-state index contributed by atoms with van der Waals surface area (Å²) < 4.78 is 3.55. The van der Waals surface area contributed by atoms with Crippen LogP contribution in [0, 0.1) is 0 Å². The number of aryl methyl sites for hydroxylation is 1. The molecule has 52 valence electrons. The number of nitrogens with zero attached hydrogens (tertiary/aromatic N) is 2. The SMILES string of the molecule is C[n+]1ccn(CO)c1.[I-]. The van der Waals surface area contributed by atoms with Gasteiger partial charge < -0.3 is 29.1 Å². The Balaban J connectivity index is 0.000000640. The van der Waals surface area contributed by atoms with E-state index in [1.165, 1.54) is 0 Å². The number of rotatable bonds is 1. The van der Waals surface area contributed by atoms with Crippen molar-refractivity contribution in [2.24, 2.45) is 7.05 Å². The van der Waals surface area contributed by atoms with Gasteiger partial charge in [0.2, 0.25) is 6.33 Å². The molecule has 0 aliphatic rings. The molecular weight excluding hydrogens is 231 g/mol. The molecule has 9 heavy (non-hydrogen) atoms. The van der Waals surface area contributed by atoms with E-state index in [-0.39, 0.29) is 30.7 Å². The van der Waals surface area contributed by atoms with Gasteiger partial charge in [-0.15, -0.1) is 0 Å². The minimum absolute atomic E-state index is 0. The van der Waals surface area contributed by atoms with E-state index in [1.807, 2.05) is 17.8 Å². The van der Waals surface area contributed by atoms with Crippen LogP contribution in [0.4, 0.5) is 0 Å². The van der Waals surface area contributed by atoms with Crippen LogP contribution in [0.15, 0.2) is 18.7 Å². The Morgan fingerprint density at radius 2 is 2.33 bits per heavy atom. The largest absolute Gasteiger partial charge is 1.00 e. The molecule has 0 amide bonds. The van der Waals surface area contributed by atoms with Crippen LogP contribution >= 0.6 is 0 Å². The van der Waals surface area contributed by atoms with E-state index in [9.17, 15) is 0 Å². The van der Waals surface area contributed by atoms with Crippen molar-refractivity contribution < 1.29 is 33.7 Å². The molecule has 3 nitrogen and oxygen atoms in total. The predicted octanol–water partition coefficient (Wildman–Crippen LogP) is -3.73. The molecule has 0 unspecified atom stereocenters. The second-order valence-corrected chi connectivity index (χ2v) is 1.73. The molecule has 0 atom stereocenters. The average molecular weight is 240 g/mol. The zero-order valence-corrected chi connectivity index (χ0v) is 7.32. The van der Waals surface area contributed by atoms with Gasteiger partial charge in [0.05, 0.1) is 7.05 Å². The Bertz CT molecular complexity index is 175. The Labute approximate surface area is 70.9 Å². The van der Waals surface area contributed by atoms with Crippen LogP contribution in [0.2, 0.25) is 0 Å². The monoisotopic (exact) mass is 240 g/mol. The van der Waals surface area contributed by atoms with Crippen molar-refractivity contribution in [3.05, 3.63) is 18.7 Å². The van der Waals surface area contributed by atoms with Crippen molar-refractivity contribution in [2.45, 2.75) is 6.73 Å². The fourth-order valence-corrected chi connectivity index (χ4v) is 0.585. The number of halogens is 1. The van der Waals surface area contributed by atoms with E-state index in [1.54, 1.807) is 17.1 Å². The highest BCUT2D eigenvalue weighted by Gasteiger charge is 1.93. The Kier molecular flexibility index (Phi) is 3.79. The van der Waals surface area contributed by atoms with Gasteiger partial charge in [0.1, 0.15) is 12.4 Å². The second-order valence-electron chi connectivity index (χ2n) is 1.73. The Hall–Kier alpha value is -0.100. The molecule has 0 saturated carbocycles. The summed E-state index contributed by atoms with van der Waals surface area (Å²) in [5.41, 5.74) is 0. The molecule has 0 aromatic carbocycles. The zero-order chi connectivity index (χ0) is 5.98. The van der Waals surface area contributed by atoms with Crippen LogP contribution in [-0.2, 0) is 13.8 Å². The van der Waals surface area contributed by atoms with Crippen LogP contribution in [0.25, 0.3) is 0 Å². The minimum atomic E-state index is 0. The summed E-state index contributed by atoms with van der Waals surface area (Å²) >= 11 is 0. The summed E-state index contributed by atoms with van der Waals surface area (Å²) in [6, 6.07) is 0. The molecule has 0 radical (unpaired) electrons. The summed E-state index contributed by atoms with van der Waals surface area (Å²) in [6.45, 7) is 0.0564. The molecule has 1 N–H and O–H groups in total. The maximum Gasteiger partial charge on any atom is 0.245 e. The van der Waals surface area contributed by atoms with Gasteiger partial charge >= 0.3 is 0 Å². The van der Waals surface area contributed by atoms with E-state index in [0.717, 1.165) is 0 Å². The van der Waals surface area contributed by atoms with Gasteiger partial charge in [0.15, 0.2) is 6.73 Å². The maximum absolute atomic E-state index is 8.50. The van der Waals surface area contributed by atoms with Gasteiger partial charge in [0, 0.05) is 0 Å². The molecule has 1 aromatic heterocycles. The van der Waals surface area contributed by atoms with E-state index < -0.39 is 0 Å². The van der Waals surface area contributed by atoms with Crippen LogP contribution in [0.1, 0.15) is 0 Å². The molecule has 1 rings (SSSR count). The fraction of sp³-hybridized carbons (Fsp3) is 0.400. The highest BCUT2D eigenvalue weighted by molar-refractivity contribution is 4.62. The van der Waals surface area contributed by atoms with E-state index in [4.69, 9.17) is 5.11 Å². The van der Waals surface area contributed by atoms with Crippen molar-refractivity contribution in [1.82, 2.24) is 4.57 Å². The number of hydrogen-bond donors (Lipinski definition) is 1. The molecule has 0 bridgehead atoms. The van der Waals surface area contributed by atoms with Gasteiger partial charge in [0.25, 0.3) is 0 Å². The van der Waals surface area contributed by atoms with Crippen LogP contribution < -0.4 is 28.5 Å². The number of aromatic nitrogens is 2. The summed E-state index contributed by atoms with van der Waals surface area (Å²) in [5.74, 6) is 0. The highest BCUT2D eigenvalue weighted by Crippen LogP contribution is 1.77. The third kappa shape index (κ3) is 2.31. The van der Waals surface area contributed by atoms with Crippen LogP contribution in [-0.4, -0.2) is 9.67 Å². The van der Waals surface area contributed by atoms with Gasteiger partial charge in [-0.2, -0.15) is 0 Å². The van der Waals surface area contributed by atoms with Crippen LogP contribution in [0.3, 0.4) is 0 Å². The lowest BCUT2D eigenvalue weighted by Crippen LogP contribution is -3.00. The van der Waals surface area contributed by atoms with E-state index >= 15 is 0 Å². The molecule has 1 heterocycles. The lowest BCUT2D eigenvalue weighted by Gasteiger charge is -1.80. The number of imidazole rings is 1. The minimum Gasteiger partial charge on any atom is -1.00 e. The van der Waals surface area contributed by atoms with E-state index in [0.29, 0.717) is 0 Å². The Morgan fingerprint density at radius 3 is 2.56 bits per heavy atom. The molecule has 0 aliphatic carbocycles. The maximum atomic E-state index is 8.50. The molecule has 0 spiro atoms. The highest BCUT2D eigenvalue weighted by atomic mass is 127. The fourth-order valence-electron chi connectivity index (χ4n) is 0.585. The van der Waals surface area contributed by atoms with Gasteiger partial charge in [-0.1, -0.05) is 0 Å². The summed E-state index contributed by atoms with van der Waals surface area (Å²) in [7, 11) is 1.91. The topological polar surface area (TPSA) is 29.0 Å². The van der Waals surface area contributed by atoms with Crippen molar-refractivity contribution in [3.63, 3.8) is 0 Å². The first kappa shape index (κ1) is 8.90. The quantitative estimate of drug-likeness (QED) is 0.397. The van der Waals surface area contributed by atoms with Gasteiger partial charge in [-0.3, -0.25) is 0 Å². The van der Waals surface area contributed by atoms with Gasteiger partial charge in [-0.05, 0) is 0 Å². The van der Waals surface area contributed by atoms with Crippen molar-refractivity contribution in [2.75, 3.05) is 0 Å². The summed E-state index contributed by atoms with van der Waals surface area (Å²) in [5, 5.41) is 8.50. The number of aliphatic hydroxyl groups is 1. The molecule has 4 heteroatoms.